The number of rotatable bonds is 4. The van der Waals surface area contributed by atoms with Gasteiger partial charge in [0.15, 0.2) is 0 Å². The molecule has 2 heterocycles. The Hall–Kier alpha value is -1.30. The highest BCUT2D eigenvalue weighted by atomic mass is 35.5. The maximum absolute atomic E-state index is 12.7. The minimum atomic E-state index is 0.0852. The van der Waals surface area contributed by atoms with E-state index >= 15 is 0 Å². The molecular weight excluding hydrogens is 328 g/mol. The smallest absolute Gasteiger partial charge is 0.227 e. The van der Waals surface area contributed by atoms with Crippen LogP contribution in [-0.2, 0) is 16.1 Å². The van der Waals surface area contributed by atoms with E-state index in [1.807, 2.05) is 23.1 Å². The number of hydrogen-bond donors (Lipinski definition) is 0. The second-order valence-electron chi connectivity index (χ2n) is 6.47. The molecule has 0 saturated carbocycles. The molecule has 5 nitrogen and oxygen atoms in total. The summed E-state index contributed by atoms with van der Waals surface area (Å²) in [7, 11) is 1.67. The summed E-state index contributed by atoms with van der Waals surface area (Å²) in [5, 5.41) is 0.712. The lowest BCUT2D eigenvalue weighted by Gasteiger charge is -2.36. The lowest BCUT2D eigenvalue weighted by Crippen LogP contribution is -2.48. The van der Waals surface area contributed by atoms with Crippen molar-refractivity contribution in [3.63, 3.8) is 0 Å². The third-order valence-corrected chi connectivity index (χ3v) is 5.05. The summed E-state index contributed by atoms with van der Waals surface area (Å²) in [5.41, 5.74) is 1.07. The Morgan fingerprint density at radius 2 is 2.12 bits per heavy atom. The summed E-state index contributed by atoms with van der Waals surface area (Å²) in [6, 6.07) is 5.69. The van der Waals surface area contributed by atoms with Gasteiger partial charge in [-0.2, -0.15) is 0 Å². The van der Waals surface area contributed by atoms with Crippen LogP contribution < -0.4 is 4.74 Å². The van der Waals surface area contributed by atoms with Crippen LogP contribution in [0.25, 0.3) is 0 Å². The molecule has 0 aromatic heterocycles. The molecule has 2 saturated heterocycles. The van der Waals surface area contributed by atoms with Crippen molar-refractivity contribution in [1.29, 1.82) is 0 Å². The van der Waals surface area contributed by atoms with Gasteiger partial charge in [-0.1, -0.05) is 11.6 Å². The van der Waals surface area contributed by atoms with Crippen LogP contribution in [0, 0.1) is 5.92 Å². The summed E-state index contributed by atoms with van der Waals surface area (Å²) < 4.78 is 10.8. The summed E-state index contributed by atoms with van der Waals surface area (Å²) >= 11 is 6.13. The summed E-state index contributed by atoms with van der Waals surface area (Å²) in [4.78, 5) is 17.0. The zero-order valence-electron chi connectivity index (χ0n) is 14.2. The minimum absolute atomic E-state index is 0.0852. The number of ether oxygens (including phenoxy) is 2. The molecule has 2 fully saturated rings. The lowest BCUT2D eigenvalue weighted by atomic mass is 9.95. The average Bonchev–Trinajstić information content (AvgIpc) is 2.62. The second kappa shape index (κ2) is 8.19. The number of hydrogen-bond acceptors (Lipinski definition) is 4. The average molecular weight is 353 g/mol. The standard InChI is InChI=1S/C18H25ClN2O3/c1-23-17-5-4-16(19)11-15(17)13-20-6-2-3-14(12-20)18(22)21-7-9-24-10-8-21/h4-5,11,14H,2-3,6-10,12-13H2,1H3/t14-/m0/s1. The molecule has 1 atom stereocenters. The van der Waals surface area contributed by atoms with Crippen LogP contribution in [0.4, 0.5) is 0 Å². The highest BCUT2D eigenvalue weighted by molar-refractivity contribution is 6.30. The number of carbonyl (C=O) groups is 1. The molecule has 24 heavy (non-hydrogen) atoms. The number of halogens is 1. The van der Waals surface area contributed by atoms with Gasteiger partial charge in [-0.25, -0.2) is 0 Å². The van der Waals surface area contributed by atoms with E-state index in [1.54, 1.807) is 7.11 Å². The number of benzene rings is 1. The van der Waals surface area contributed by atoms with Crippen LogP contribution in [0.2, 0.25) is 5.02 Å². The minimum Gasteiger partial charge on any atom is -0.496 e. The third kappa shape index (κ3) is 4.21. The van der Waals surface area contributed by atoms with E-state index in [-0.39, 0.29) is 11.8 Å². The van der Waals surface area contributed by atoms with E-state index in [2.05, 4.69) is 4.90 Å². The van der Waals surface area contributed by atoms with E-state index in [9.17, 15) is 4.79 Å². The molecule has 132 valence electrons. The van der Waals surface area contributed by atoms with Crippen molar-refractivity contribution in [2.24, 2.45) is 5.92 Å². The van der Waals surface area contributed by atoms with Gasteiger partial charge in [-0.3, -0.25) is 9.69 Å². The zero-order chi connectivity index (χ0) is 16.9. The number of methoxy groups -OCH3 is 1. The van der Waals surface area contributed by atoms with Gasteiger partial charge in [0.1, 0.15) is 5.75 Å². The molecule has 1 amide bonds. The molecule has 3 rings (SSSR count). The first-order chi connectivity index (χ1) is 11.7. The summed E-state index contributed by atoms with van der Waals surface area (Å²) in [5.74, 6) is 1.21. The van der Waals surface area contributed by atoms with Crippen molar-refractivity contribution in [3.8, 4) is 5.75 Å². The molecule has 6 heteroatoms. The Morgan fingerprint density at radius 1 is 1.33 bits per heavy atom. The molecule has 1 aromatic carbocycles. The van der Waals surface area contributed by atoms with Gasteiger partial charge in [0.05, 0.1) is 26.2 Å². The van der Waals surface area contributed by atoms with Gasteiger partial charge in [0.25, 0.3) is 0 Å². The Labute approximate surface area is 148 Å². The molecule has 2 aliphatic heterocycles. The number of amides is 1. The number of piperidine rings is 1. The van der Waals surface area contributed by atoms with Crippen LogP contribution in [0.15, 0.2) is 18.2 Å². The number of carbonyl (C=O) groups excluding carboxylic acids is 1. The Morgan fingerprint density at radius 3 is 2.88 bits per heavy atom. The largest absolute Gasteiger partial charge is 0.496 e. The van der Waals surface area contributed by atoms with Crippen molar-refractivity contribution in [1.82, 2.24) is 9.80 Å². The summed E-state index contributed by atoms with van der Waals surface area (Å²) in [6.45, 7) is 5.31. The number of likely N-dealkylation sites (tertiary alicyclic amines) is 1. The third-order valence-electron chi connectivity index (χ3n) is 4.81. The Balaban J connectivity index is 1.63. The van der Waals surface area contributed by atoms with Gasteiger partial charge in [0.2, 0.25) is 5.91 Å². The van der Waals surface area contributed by atoms with Crippen LogP contribution in [0.3, 0.4) is 0 Å². The van der Waals surface area contributed by atoms with Gasteiger partial charge >= 0.3 is 0 Å². The summed E-state index contributed by atoms with van der Waals surface area (Å²) in [6.07, 6.45) is 2.02. The van der Waals surface area contributed by atoms with E-state index in [4.69, 9.17) is 21.1 Å². The molecule has 0 N–H and O–H groups in total. The normalized spacial score (nSPS) is 22.4. The first kappa shape index (κ1) is 17.5. The van der Waals surface area contributed by atoms with Gasteiger partial charge < -0.3 is 14.4 Å². The molecule has 1 aromatic rings. The predicted octanol–water partition coefficient (Wildman–Crippen LogP) is 2.42. The van der Waals surface area contributed by atoms with Crippen molar-refractivity contribution >= 4 is 17.5 Å². The SMILES string of the molecule is COc1ccc(Cl)cc1CN1CCC[C@H](C(=O)N2CCOCC2)C1. The fourth-order valence-electron chi connectivity index (χ4n) is 3.55. The van der Waals surface area contributed by atoms with E-state index in [0.717, 1.165) is 56.9 Å². The van der Waals surface area contributed by atoms with Gasteiger partial charge in [0, 0.05) is 36.8 Å². The first-order valence-electron chi connectivity index (χ1n) is 8.58. The Kier molecular flexibility index (Phi) is 5.98. The second-order valence-corrected chi connectivity index (χ2v) is 6.90. The Bertz CT molecular complexity index is 575. The van der Waals surface area contributed by atoms with Gasteiger partial charge in [-0.05, 0) is 37.6 Å². The topological polar surface area (TPSA) is 42.0 Å². The molecule has 0 aliphatic carbocycles. The van der Waals surface area contributed by atoms with Crippen LogP contribution in [0.5, 0.6) is 5.75 Å². The van der Waals surface area contributed by atoms with Crippen molar-refractivity contribution < 1.29 is 14.3 Å². The molecule has 0 spiro atoms. The molecular formula is C18H25ClN2O3. The maximum atomic E-state index is 12.7. The van der Waals surface area contributed by atoms with Crippen LogP contribution in [0.1, 0.15) is 18.4 Å². The molecule has 0 radical (unpaired) electrons. The maximum Gasteiger partial charge on any atom is 0.227 e. The van der Waals surface area contributed by atoms with Crippen LogP contribution in [-0.4, -0.2) is 62.2 Å². The molecule has 0 bridgehead atoms. The lowest BCUT2D eigenvalue weighted by molar-refractivity contribution is -0.141. The monoisotopic (exact) mass is 352 g/mol. The quantitative estimate of drug-likeness (QED) is 0.834. The van der Waals surface area contributed by atoms with Gasteiger partial charge in [-0.15, -0.1) is 0 Å². The highest BCUT2D eigenvalue weighted by Crippen LogP contribution is 2.27. The number of nitrogens with zero attached hydrogens (tertiary/aromatic N) is 2. The number of morpholine rings is 1. The molecule has 0 unspecified atom stereocenters. The van der Waals surface area contributed by atoms with E-state index in [1.165, 1.54) is 0 Å². The fraction of sp³-hybridized carbons (Fsp3) is 0.611. The van der Waals surface area contributed by atoms with Crippen molar-refractivity contribution in [2.75, 3.05) is 46.5 Å². The highest BCUT2D eigenvalue weighted by Gasteiger charge is 2.30. The van der Waals surface area contributed by atoms with Crippen molar-refractivity contribution in [3.05, 3.63) is 28.8 Å². The fourth-order valence-corrected chi connectivity index (χ4v) is 3.75. The van der Waals surface area contributed by atoms with Crippen molar-refractivity contribution in [2.45, 2.75) is 19.4 Å². The zero-order valence-corrected chi connectivity index (χ0v) is 14.9. The van der Waals surface area contributed by atoms with E-state index < -0.39 is 0 Å². The first-order valence-corrected chi connectivity index (χ1v) is 8.96. The predicted molar refractivity (Wildman–Crippen MR) is 93.4 cm³/mol. The van der Waals surface area contributed by atoms with E-state index in [0.29, 0.717) is 18.2 Å². The van der Waals surface area contributed by atoms with Crippen LogP contribution >= 0.6 is 11.6 Å². The molecule has 2 aliphatic rings.